The first-order valence-electron chi connectivity index (χ1n) is 9.95. The Balaban J connectivity index is 1.80. The van der Waals surface area contributed by atoms with Gasteiger partial charge in [-0.25, -0.2) is 0 Å². The summed E-state index contributed by atoms with van der Waals surface area (Å²) in [5, 5.41) is 9.43. The molecule has 3 aromatic rings. The summed E-state index contributed by atoms with van der Waals surface area (Å²) in [4.78, 5) is 2.45. The van der Waals surface area contributed by atoms with E-state index in [9.17, 15) is 5.26 Å². The van der Waals surface area contributed by atoms with Gasteiger partial charge < -0.3 is 4.57 Å². The van der Waals surface area contributed by atoms with Gasteiger partial charge in [0.05, 0.1) is 11.6 Å². The van der Waals surface area contributed by atoms with Crippen molar-refractivity contribution in [3.63, 3.8) is 0 Å². The molecule has 1 heterocycles. The Labute approximate surface area is 168 Å². The largest absolute Gasteiger partial charge is 0.346 e. The fraction of sp³-hybridized carbons (Fsp3) is 0.320. The lowest BCUT2D eigenvalue weighted by Crippen LogP contribution is -2.28. The monoisotopic (exact) mass is 371 g/mol. The van der Waals surface area contributed by atoms with E-state index in [0.717, 1.165) is 37.3 Å². The summed E-state index contributed by atoms with van der Waals surface area (Å²) in [6, 6.07) is 23.2. The average molecular weight is 372 g/mol. The van der Waals surface area contributed by atoms with Crippen molar-refractivity contribution in [1.82, 2.24) is 9.47 Å². The first-order chi connectivity index (χ1) is 13.6. The summed E-state index contributed by atoms with van der Waals surface area (Å²) in [6.07, 6.45) is 2.17. The molecule has 0 amide bonds. The van der Waals surface area contributed by atoms with Crippen LogP contribution in [0.3, 0.4) is 0 Å². The molecule has 28 heavy (non-hydrogen) atoms. The van der Waals surface area contributed by atoms with Crippen LogP contribution in [-0.2, 0) is 19.6 Å². The number of hydrogen-bond donors (Lipinski definition) is 0. The van der Waals surface area contributed by atoms with Crippen molar-refractivity contribution in [3.8, 4) is 6.07 Å². The lowest BCUT2D eigenvalue weighted by atomic mass is 10.1. The van der Waals surface area contributed by atoms with Crippen molar-refractivity contribution in [2.75, 3.05) is 6.54 Å². The normalized spacial score (nSPS) is 11.1. The van der Waals surface area contributed by atoms with Gasteiger partial charge >= 0.3 is 0 Å². The first kappa shape index (κ1) is 19.9. The molecule has 2 aromatic carbocycles. The van der Waals surface area contributed by atoms with Gasteiger partial charge in [-0.2, -0.15) is 5.26 Å². The molecule has 0 aliphatic carbocycles. The topological polar surface area (TPSA) is 32.0 Å². The van der Waals surface area contributed by atoms with Gasteiger partial charge in [0.2, 0.25) is 0 Å². The molecule has 0 N–H and O–H groups in total. The summed E-state index contributed by atoms with van der Waals surface area (Å²) in [5.41, 5.74) is 5.85. The van der Waals surface area contributed by atoms with Crippen LogP contribution in [0, 0.1) is 24.2 Å². The molecule has 0 aliphatic heterocycles. The molecule has 1 aromatic heterocycles. The van der Waals surface area contributed by atoms with E-state index in [1.54, 1.807) is 0 Å². The Morgan fingerprint density at radius 3 is 2.36 bits per heavy atom. The van der Waals surface area contributed by atoms with Crippen LogP contribution in [0.25, 0.3) is 0 Å². The molecule has 3 rings (SSSR count). The molecule has 0 saturated heterocycles. The van der Waals surface area contributed by atoms with E-state index in [-0.39, 0.29) is 0 Å². The van der Waals surface area contributed by atoms with Gasteiger partial charge in [-0.3, -0.25) is 4.90 Å². The van der Waals surface area contributed by atoms with E-state index >= 15 is 0 Å². The molecule has 3 heteroatoms. The van der Waals surface area contributed by atoms with Gasteiger partial charge in [0.15, 0.2) is 0 Å². The van der Waals surface area contributed by atoms with Crippen LogP contribution < -0.4 is 0 Å². The summed E-state index contributed by atoms with van der Waals surface area (Å²) in [7, 11) is 0. The standard InChI is InChI=1S/C25H29N3/c1-20(2)16-27(17-24-12-7-6-10-22(24)15-26)19-25-13-8-14-28(25)18-23-11-5-4-9-21(23)3/h4-14,20H,16-19H2,1-3H3. The van der Waals surface area contributed by atoms with Crippen molar-refractivity contribution >= 4 is 0 Å². The fourth-order valence-electron chi connectivity index (χ4n) is 3.66. The molecule has 0 atom stereocenters. The number of rotatable bonds is 8. The third kappa shape index (κ3) is 5.12. The lowest BCUT2D eigenvalue weighted by molar-refractivity contribution is 0.222. The zero-order chi connectivity index (χ0) is 19.9. The van der Waals surface area contributed by atoms with Crippen LogP contribution in [0.5, 0.6) is 0 Å². The van der Waals surface area contributed by atoms with Crippen molar-refractivity contribution in [3.05, 3.63) is 94.8 Å². The van der Waals surface area contributed by atoms with Crippen molar-refractivity contribution in [2.45, 2.75) is 40.4 Å². The maximum absolute atomic E-state index is 9.43. The zero-order valence-corrected chi connectivity index (χ0v) is 17.1. The van der Waals surface area contributed by atoms with Crippen LogP contribution in [0.1, 0.15) is 41.8 Å². The molecule has 0 unspecified atom stereocenters. The first-order valence-corrected chi connectivity index (χ1v) is 9.95. The predicted molar refractivity (Wildman–Crippen MR) is 115 cm³/mol. The van der Waals surface area contributed by atoms with Gasteiger partial charge in [0.1, 0.15) is 0 Å². The Morgan fingerprint density at radius 2 is 1.64 bits per heavy atom. The van der Waals surface area contributed by atoms with E-state index in [4.69, 9.17) is 0 Å². The van der Waals surface area contributed by atoms with Crippen LogP contribution >= 0.6 is 0 Å². The van der Waals surface area contributed by atoms with Gasteiger partial charge in [0.25, 0.3) is 0 Å². The number of nitriles is 1. The Bertz CT molecular complexity index is 946. The highest BCUT2D eigenvalue weighted by atomic mass is 15.1. The third-order valence-electron chi connectivity index (χ3n) is 5.07. The minimum absolute atomic E-state index is 0.564. The molecule has 0 saturated carbocycles. The quantitative estimate of drug-likeness (QED) is 0.533. The predicted octanol–water partition coefficient (Wildman–Crippen LogP) is 5.37. The van der Waals surface area contributed by atoms with E-state index in [1.165, 1.54) is 16.8 Å². The van der Waals surface area contributed by atoms with Crippen LogP contribution in [0.15, 0.2) is 66.9 Å². The SMILES string of the molecule is Cc1ccccc1Cn1cccc1CN(Cc1ccccc1C#N)CC(C)C. The Morgan fingerprint density at radius 1 is 0.929 bits per heavy atom. The highest BCUT2D eigenvalue weighted by Crippen LogP contribution is 2.17. The van der Waals surface area contributed by atoms with E-state index < -0.39 is 0 Å². The van der Waals surface area contributed by atoms with E-state index in [2.05, 4.69) is 85.0 Å². The highest BCUT2D eigenvalue weighted by Gasteiger charge is 2.14. The number of aryl methyl sites for hydroxylation is 1. The average Bonchev–Trinajstić information content (AvgIpc) is 3.10. The Kier molecular flexibility index (Phi) is 6.68. The Hall–Kier alpha value is -2.83. The zero-order valence-electron chi connectivity index (χ0n) is 17.1. The van der Waals surface area contributed by atoms with Crippen molar-refractivity contribution < 1.29 is 0 Å². The summed E-state index contributed by atoms with van der Waals surface area (Å²) in [5.74, 6) is 0.564. The molecule has 3 nitrogen and oxygen atoms in total. The second kappa shape index (κ2) is 9.39. The van der Waals surface area contributed by atoms with Gasteiger partial charge in [0, 0.05) is 38.1 Å². The number of aromatic nitrogens is 1. The maximum Gasteiger partial charge on any atom is 0.0995 e. The smallest absolute Gasteiger partial charge is 0.0995 e. The molecule has 0 radical (unpaired) electrons. The molecule has 0 bridgehead atoms. The summed E-state index contributed by atoms with van der Waals surface area (Å²) < 4.78 is 2.34. The highest BCUT2D eigenvalue weighted by molar-refractivity contribution is 5.37. The minimum Gasteiger partial charge on any atom is -0.346 e. The van der Waals surface area contributed by atoms with E-state index in [0.29, 0.717) is 5.92 Å². The second-order valence-electron chi connectivity index (χ2n) is 7.89. The van der Waals surface area contributed by atoms with Gasteiger partial charge in [-0.15, -0.1) is 0 Å². The van der Waals surface area contributed by atoms with E-state index in [1.807, 2.05) is 18.2 Å². The molecule has 0 spiro atoms. The minimum atomic E-state index is 0.564. The number of benzene rings is 2. The molecular weight excluding hydrogens is 342 g/mol. The maximum atomic E-state index is 9.43. The number of hydrogen-bond acceptors (Lipinski definition) is 2. The van der Waals surface area contributed by atoms with Crippen LogP contribution in [0.4, 0.5) is 0 Å². The van der Waals surface area contributed by atoms with Gasteiger partial charge in [-0.05, 0) is 47.7 Å². The lowest BCUT2D eigenvalue weighted by Gasteiger charge is -2.25. The summed E-state index contributed by atoms with van der Waals surface area (Å²) in [6.45, 7) is 10.2. The van der Waals surface area contributed by atoms with Gasteiger partial charge in [-0.1, -0.05) is 56.3 Å². The second-order valence-corrected chi connectivity index (χ2v) is 7.89. The third-order valence-corrected chi connectivity index (χ3v) is 5.07. The number of nitrogens with zero attached hydrogens (tertiary/aromatic N) is 3. The molecule has 0 aliphatic rings. The molecule has 144 valence electrons. The van der Waals surface area contributed by atoms with Crippen LogP contribution in [-0.4, -0.2) is 16.0 Å². The molecular formula is C25H29N3. The fourth-order valence-corrected chi connectivity index (χ4v) is 3.66. The summed E-state index contributed by atoms with van der Waals surface area (Å²) >= 11 is 0. The van der Waals surface area contributed by atoms with Crippen molar-refractivity contribution in [2.24, 2.45) is 5.92 Å². The van der Waals surface area contributed by atoms with Crippen molar-refractivity contribution in [1.29, 1.82) is 5.26 Å². The van der Waals surface area contributed by atoms with Crippen LogP contribution in [0.2, 0.25) is 0 Å². The molecule has 0 fully saturated rings.